The number of nitrogens with zero attached hydrogens (tertiary/aromatic N) is 1. The van der Waals surface area contributed by atoms with Crippen LogP contribution < -0.4 is 19.5 Å². The fourth-order valence-electron chi connectivity index (χ4n) is 4.32. The summed E-state index contributed by atoms with van der Waals surface area (Å²) in [6, 6.07) is 31.9. The molecule has 9 heteroatoms. The molecule has 214 valence electrons. The van der Waals surface area contributed by atoms with Crippen molar-refractivity contribution in [3.63, 3.8) is 0 Å². The lowest BCUT2D eigenvalue weighted by atomic mass is 9.98. The summed E-state index contributed by atoms with van der Waals surface area (Å²) in [4.78, 5) is 25.8. The molecule has 0 fully saturated rings. The van der Waals surface area contributed by atoms with Gasteiger partial charge in [-0.05, 0) is 66.2 Å². The molecule has 5 rings (SSSR count). The number of nitrogens with one attached hydrogen (secondary N) is 1. The summed E-state index contributed by atoms with van der Waals surface area (Å²) in [6.07, 6.45) is 0. The van der Waals surface area contributed by atoms with Crippen molar-refractivity contribution in [2.45, 2.75) is 0 Å². The first-order valence-electron chi connectivity index (χ1n) is 13.2. The third kappa shape index (κ3) is 6.50. The van der Waals surface area contributed by atoms with E-state index in [9.17, 15) is 14.9 Å². The number of hydrogen-bond acceptors (Lipinski definition) is 8. The van der Waals surface area contributed by atoms with Gasteiger partial charge >= 0.3 is 5.97 Å². The third-order valence-corrected chi connectivity index (χ3v) is 6.42. The predicted molar refractivity (Wildman–Crippen MR) is 159 cm³/mol. The summed E-state index contributed by atoms with van der Waals surface area (Å²) in [7, 11) is 3.12. The molecule has 0 bridgehead atoms. The lowest BCUT2D eigenvalue weighted by molar-refractivity contribution is -0.119. The molecule has 4 aromatic carbocycles. The topological polar surface area (TPSA) is 120 Å². The van der Waals surface area contributed by atoms with E-state index in [1.165, 1.54) is 0 Å². The molecule has 0 spiro atoms. The Morgan fingerprint density at radius 3 is 2.00 bits per heavy atom. The minimum absolute atomic E-state index is 0.0759. The van der Waals surface area contributed by atoms with E-state index in [-0.39, 0.29) is 22.8 Å². The minimum Gasteiger partial charge on any atom is -0.497 e. The Morgan fingerprint density at radius 2 is 1.37 bits per heavy atom. The van der Waals surface area contributed by atoms with Crippen LogP contribution in [0.25, 0.3) is 22.5 Å². The Hall–Kier alpha value is -6.01. The molecule has 0 radical (unpaired) electrons. The molecule has 9 nitrogen and oxygen atoms in total. The van der Waals surface area contributed by atoms with Gasteiger partial charge in [0, 0.05) is 11.1 Å². The fourth-order valence-corrected chi connectivity index (χ4v) is 4.32. The van der Waals surface area contributed by atoms with Crippen molar-refractivity contribution in [2.24, 2.45) is 0 Å². The van der Waals surface area contributed by atoms with Crippen LogP contribution in [0.4, 0.5) is 5.88 Å². The molecule has 0 aliphatic heterocycles. The second-order valence-electron chi connectivity index (χ2n) is 9.11. The quantitative estimate of drug-likeness (QED) is 0.176. The number of para-hydroxylation sites is 2. The van der Waals surface area contributed by atoms with Crippen molar-refractivity contribution in [2.75, 3.05) is 26.1 Å². The summed E-state index contributed by atoms with van der Waals surface area (Å²) in [5.41, 5.74) is 2.07. The number of hydrogen-bond donors (Lipinski definition) is 1. The number of benzene rings is 4. The Morgan fingerprint density at radius 1 is 0.767 bits per heavy atom. The molecule has 1 heterocycles. The maximum absolute atomic E-state index is 12.9. The molecular formula is C34H26N2O7. The highest BCUT2D eigenvalue weighted by Crippen LogP contribution is 2.42. The molecule has 0 saturated heterocycles. The highest BCUT2D eigenvalue weighted by molar-refractivity contribution is 5.98. The Bertz CT molecular complexity index is 1770. The van der Waals surface area contributed by atoms with Gasteiger partial charge in [0.2, 0.25) is 5.88 Å². The molecule has 1 aromatic heterocycles. The Labute approximate surface area is 247 Å². The zero-order chi connectivity index (χ0) is 30.2. The van der Waals surface area contributed by atoms with Crippen molar-refractivity contribution in [1.29, 1.82) is 5.26 Å². The van der Waals surface area contributed by atoms with Crippen molar-refractivity contribution in [3.05, 3.63) is 114 Å². The van der Waals surface area contributed by atoms with Gasteiger partial charge in [0.25, 0.3) is 5.91 Å². The average Bonchev–Trinajstić information content (AvgIpc) is 3.42. The first-order valence-corrected chi connectivity index (χ1v) is 13.2. The summed E-state index contributed by atoms with van der Waals surface area (Å²) in [5.74, 6) is 0.960. The number of esters is 1. The second-order valence-corrected chi connectivity index (χ2v) is 9.11. The van der Waals surface area contributed by atoms with Gasteiger partial charge in [0.05, 0.1) is 14.2 Å². The normalized spacial score (nSPS) is 10.3. The van der Waals surface area contributed by atoms with Crippen LogP contribution in [0, 0.1) is 11.3 Å². The van der Waals surface area contributed by atoms with Crippen LogP contribution in [0.3, 0.4) is 0 Å². The molecule has 0 atom stereocenters. The third-order valence-electron chi connectivity index (χ3n) is 6.42. The van der Waals surface area contributed by atoms with Crippen molar-refractivity contribution in [3.8, 4) is 51.5 Å². The van der Waals surface area contributed by atoms with Crippen LogP contribution in [0.5, 0.6) is 23.0 Å². The lowest BCUT2D eigenvalue weighted by Crippen LogP contribution is -2.21. The molecule has 5 aromatic rings. The number of amides is 1. The number of ether oxygens (including phenoxy) is 4. The molecule has 0 aliphatic carbocycles. The number of furan rings is 1. The average molecular weight is 575 g/mol. The van der Waals surface area contributed by atoms with E-state index >= 15 is 0 Å². The fraction of sp³-hybridized carbons (Fsp3) is 0.0882. The minimum atomic E-state index is -0.750. The summed E-state index contributed by atoms with van der Waals surface area (Å²) >= 11 is 0. The monoisotopic (exact) mass is 574 g/mol. The van der Waals surface area contributed by atoms with E-state index < -0.39 is 18.5 Å². The van der Waals surface area contributed by atoms with Crippen LogP contribution >= 0.6 is 0 Å². The summed E-state index contributed by atoms with van der Waals surface area (Å²) in [6.45, 7) is -0.625. The van der Waals surface area contributed by atoms with Gasteiger partial charge in [-0.1, -0.05) is 42.5 Å². The predicted octanol–water partition coefficient (Wildman–Crippen LogP) is 7.09. The smallest absolute Gasteiger partial charge is 0.342 e. The van der Waals surface area contributed by atoms with Crippen LogP contribution in [0.15, 0.2) is 108 Å². The van der Waals surface area contributed by atoms with E-state index in [4.69, 9.17) is 23.4 Å². The van der Waals surface area contributed by atoms with Gasteiger partial charge in [0.1, 0.15) is 46.0 Å². The standard InChI is InChI=1S/C34H26N2O7/c1-39-24-16-12-22(13-17-24)31-28(20-35)33(43-32(31)23-14-18-25(40-2)19-15-23)36-30(37)21-41-34(38)27-10-6-7-11-29(27)42-26-8-4-3-5-9-26/h3-19H,21H2,1-2H3,(H,36,37). The van der Waals surface area contributed by atoms with Gasteiger partial charge in [-0.25, -0.2) is 4.79 Å². The molecule has 43 heavy (non-hydrogen) atoms. The van der Waals surface area contributed by atoms with E-state index in [1.807, 2.05) is 18.2 Å². The SMILES string of the molecule is COc1ccc(-c2oc(NC(=O)COC(=O)c3ccccc3Oc3ccccc3)c(C#N)c2-c2ccc(OC)cc2)cc1. The largest absolute Gasteiger partial charge is 0.497 e. The van der Waals surface area contributed by atoms with Gasteiger partial charge in [-0.3, -0.25) is 10.1 Å². The number of rotatable bonds is 10. The molecule has 1 N–H and O–H groups in total. The number of anilines is 1. The van der Waals surface area contributed by atoms with Crippen LogP contribution in [0.2, 0.25) is 0 Å². The molecule has 1 amide bonds. The first-order chi connectivity index (χ1) is 21.0. The Kier molecular flexibility index (Phi) is 8.69. The molecule has 0 unspecified atom stereocenters. The van der Waals surface area contributed by atoms with Gasteiger partial charge in [-0.2, -0.15) is 5.26 Å². The van der Waals surface area contributed by atoms with Gasteiger partial charge < -0.3 is 23.4 Å². The molecule has 0 saturated carbocycles. The molecular weight excluding hydrogens is 548 g/mol. The number of carbonyl (C=O) groups is 2. The van der Waals surface area contributed by atoms with Gasteiger partial charge in [0.15, 0.2) is 6.61 Å². The molecule has 0 aliphatic rings. The first kappa shape index (κ1) is 28.5. The Balaban J connectivity index is 1.38. The van der Waals surface area contributed by atoms with Gasteiger partial charge in [-0.15, -0.1) is 0 Å². The van der Waals surface area contributed by atoms with E-state index in [1.54, 1.807) is 99.1 Å². The highest BCUT2D eigenvalue weighted by Gasteiger charge is 2.25. The number of carbonyl (C=O) groups excluding carboxylic acids is 2. The summed E-state index contributed by atoms with van der Waals surface area (Å²) < 4.78 is 27.7. The zero-order valence-corrected chi connectivity index (χ0v) is 23.3. The highest BCUT2D eigenvalue weighted by atomic mass is 16.5. The van der Waals surface area contributed by atoms with E-state index in [0.717, 1.165) is 0 Å². The van der Waals surface area contributed by atoms with Crippen LogP contribution in [-0.4, -0.2) is 32.7 Å². The van der Waals surface area contributed by atoms with Crippen molar-refractivity contribution < 1.29 is 33.0 Å². The van der Waals surface area contributed by atoms with Crippen molar-refractivity contribution >= 4 is 17.8 Å². The second kappa shape index (κ2) is 13.1. The van der Waals surface area contributed by atoms with Crippen LogP contribution in [0.1, 0.15) is 15.9 Å². The number of nitriles is 1. The lowest BCUT2D eigenvalue weighted by Gasteiger charge is -2.11. The summed E-state index contributed by atoms with van der Waals surface area (Å²) in [5, 5.41) is 12.7. The maximum atomic E-state index is 12.9. The van der Waals surface area contributed by atoms with E-state index in [0.29, 0.717) is 39.7 Å². The zero-order valence-electron chi connectivity index (χ0n) is 23.3. The van der Waals surface area contributed by atoms with Crippen LogP contribution in [-0.2, 0) is 9.53 Å². The number of methoxy groups -OCH3 is 2. The van der Waals surface area contributed by atoms with Crippen molar-refractivity contribution in [1.82, 2.24) is 0 Å². The maximum Gasteiger partial charge on any atom is 0.342 e. The van der Waals surface area contributed by atoms with E-state index in [2.05, 4.69) is 11.4 Å².